The summed E-state index contributed by atoms with van der Waals surface area (Å²) in [7, 11) is 4.75. The van der Waals surface area contributed by atoms with Gasteiger partial charge in [0.15, 0.2) is 0 Å². The Balaban J connectivity index is 2.07. The van der Waals surface area contributed by atoms with E-state index in [1.165, 1.54) is 7.11 Å². The number of benzene rings is 1. The van der Waals surface area contributed by atoms with Crippen LogP contribution in [0.3, 0.4) is 0 Å². The van der Waals surface area contributed by atoms with Gasteiger partial charge in [0.2, 0.25) is 0 Å². The number of carbonyl (C=O) groups excluding carboxylic acids is 1. The number of nitrogens with one attached hydrogen (secondary N) is 1. The fraction of sp³-hybridized carbons (Fsp3) is 0.353. The lowest BCUT2D eigenvalue weighted by atomic mass is 10.1. The molecule has 2 aromatic rings. The Kier molecular flexibility index (Phi) is 5.28. The Hall–Kier alpha value is -2.47. The Labute approximate surface area is 135 Å². The smallest absolute Gasteiger partial charge is 0.354 e. The maximum Gasteiger partial charge on any atom is 0.354 e. The van der Waals surface area contributed by atoms with Gasteiger partial charge in [-0.05, 0) is 36.8 Å². The Morgan fingerprint density at radius 3 is 2.74 bits per heavy atom. The van der Waals surface area contributed by atoms with E-state index in [1.54, 1.807) is 43.0 Å². The van der Waals surface area contributed by atoms with E-state index >= 15 is 0 Å². The van der Waals surface area contributed by atoms with Crippen molar-refractivity contribution in [3.8, 4) is 11.5 Å². The van der Waals surface area contributed by atoms with E-state index in [4.69, 9.17) is 9.47 Å². The van der Waals surface area contributed by atoms with Crippen molar-refractivity contribution in [3.05, 3.63) is 47.3 Å². The number of nitrogens with zero attached hydrogens (tertiary/aromatic N) is 1. The lowest BCUT2D eigenvalue weighted by Gasteiger charge is -2.16. The predicted octanol–water partition coefficient (Wildman–Crippen LogP) is 2.38. The molecule has 0 bridgehead atoms. The van der Waals surface area contributed by atoms with Crippen molar-refractivity contribution >= 4 is 5.97 Å². The molecule has 124 valence electrons. The van der Waals surface area contributed by atoms with E-state index < -0.39 is 0 Å². The molecule has 1 aromatic heterocycles. The number of phenolic OH excluding ortho intramolecular Hbond substituents is 1. The molecule has 0 spiro atoms. The van der Waals surface area contributed by atoms with Gasteiger partial charge < -0.3 is 24.5 Å². The first kappa shape index (κ1) is 16.9. The second kappa shape index (κ2) is 7.19. The number of ether oxygens (including phenoxy) is 2. The molecule has 2 N–H and O–H groups in total. The second-order valence-electron chi connectivity index (χ2n) is 5.36. The summed E-state index contributed by atoms with van der Waals surface area (Å²) in [5.74, 6) is 0.547. The van der Waals surface area contributed by atoms with Crippen molar-refractivity contribution in [2.45, 2.75) is 19.5 Å². The van der Waals surface area contributed by atoms with Gasteiger partial charge in [0, 0.05) is 31.4 Å². The van der Waals surface area contributed by atoms with Gasteiger partial charge in [-0.1, -0.05) is 0 Å². The third kappa shape index (κ3) is 3.84. The predicted molar refractivity (Wildman–Crippen MR) is 86.7 cm³/mol. The quantitative estimate of drug-likeness (QED) is 0.800. The SMILES string of the molecule is COC(=O)c1cc(CNC(C)c2cc(OC)ccc2O)cn1C. The summed E-state index contributed by atoms with van der Waals surface area (Å²) in [5, 5.41) is 13.3. The molecule has 6 heteroatoms. The zero-order valence-corrected chi connectivity index (χ0v) is 13.8. The standard InChI is InChI=1S/C17H22N2O4/c1-11(14-8-13(22-3)5-6-16(14)20)18-9-12-7-15(17(21)23-4)19(2)10-12/h5-8,10-11,18,20H,9H2,1-4H3. The molecule has 1 heterocycles. The maximum absolute atomic E-state index is 11.6. The van der Waals surface area contributed by atoms with Crippen LogP contribution in [0.15, 0.2) is 30.5 Å². The lowest BCUT2D eigenvalue weighted by Crippen LogP contribution is -2.18. The number of esters is 1. The van der Waals surface area contributed by atoms with Crippen molar-refractivity contribution in [2.24, 2.45) is 7.05 Å². The molecular weight excluding hydrogens is 296 g/mol. The van der Waals surface area contributed by atoms with Crippen LogP contribution < -0.4 is 10.1 Å². The first-order valence-corrected chi connectivity index (χ1v) is 7.30. The van der Waals surface area contributed by atoms with Crippen molar-refractivity contribution in [1.29, 1.82) is 0 Å². The molecule has 0 saturated carbocycles. The van der Waals surface area contributed by atoms with E-state index in [-0.39, 0.29) is 17.8 Å². The van der Waals surface area contributed by atoms with Crippen LogP contribution in [0.4, 0.5) is 0 Å². The molecule has 1 aromatic carbocycles. The Morgan fingerprint density at radius 1 is 1.35 bits per heavy atom. The highest BCUT2D eigenvalue weighted by Crippen LogP contribution is 2.28. The van der Waals surface area contributed by atoms with Gasteiger partial charge in [-0.2, -0.15) is 0 Å². The highest BCUT2D eigenvalue weighted by molar-refractivity contribution is 5.87. The maximum atomic E-state index is 11.6. The number of rotatable bonds is 6. The molecule has 23 heavy (non-hydrogen) atoms. The molecule has 6 nitrogen and oxygen atoms in total. The van der Waals surface area contributed by atoms with Crippen LogP contribution in [0.25, 0.3) is 0 Å². The number of methoxy groups -OCH3 is 2. The average Bonchev–Trinajstić information content (AvgIpc) is 2.93. The van der Waals surface area contributed by atoms with E-state index in [0.717, 1.165) is 11.1 Å². The van der Waals surface area contributed by atoms with Gasteiger partial charge in [0.05, 0.1) is 14.2 Å². The number of carbonyl (C=O) groups is 1. The molecule has 0 aliphatic heterocycles. The van der Waals surface area contributed by atoms with Crippen LogP contribution in [0.5, 0.6) is 11.5 Å². The first-order valence-electron chi connectivity index (χ1n) is 7.30. The highest BCUT2D eigenvalue weighted by Gasteiger charge is 2.14. The molecular formula is C17H22N2O4. The van der Waals surface area contributed by atoms with Crippen molar-refractivity contribution < 1.29 is 19.4 Å². The summed E-state index contributed by atoms with van der Waals surface area (Å²) < 4.78 is 11.7. The van der Waals surface area contributed by atoms with Crippen LogP contribution in [0.1, 0.15) is 34.6 Å². The minimum atomic E-state index is -0.364. The number of aromatic nitrogens is 1. The van der Waals surface area contributed by atoms with E-state index in [1.807, 2.05) is 13.1 Å². The van der Waals surface area contributed by atoms with Crippen LogP contribution in [0.2, 0.25) is 0 Å². The number of hydrogen-bond donors (Lipinski definition) is 2. The monoisotopic (exact) mass is 318 g/mol. The number of aromatic hydroxyl groups is 1. The van der Waals surface area contributed by atoms with Gasteiger partial charge in [-0.15, -0.1) is 0 Å². The number of aryl methyl sites for hydroxylation is 1. The van der Waals surface area contributed by atoms with E-state index in [2.05, 4.69) is 5.32 Å². The van der Waals surface area contributed by atoms with Gasteiger partial charge >= 0.3 is 5.97 Å². The minimum Gasteiger partial charge on any atom is -0.508 e. The molecule has 0 aliphatic rings. The Bertz CT molecular complexity index is 694. The minimum absolute atomic E-state index is 0.0770. The van der Waals surface area contributed by atoms with Crippen LogP contribution >= 0.6 is 0 Å². The fourth-order valence-corrected chi connectivity index (χ4v) is 2.42. The summed E-state index contributed by atoms with van der Waals surface area (Å²) in [5.41, 5.74) is 2.22. The molecule has 2 rings (SSSR count). The van der Waals surface area contributed by atoms with E-state index in [0.29, 0.717) is 18.0 Å². The van der Waals surface area contributed by atoms with Crippen molar-refractivity contribution in [1.82, 2.24) is 9.88 Å². The summed E-state index contributed by atoms with van der Waals surface area (Å²) in [6.07, 6.45) is 1.87. The fourth-order valence-electron chi connectivity index (χ4n) is 2.42. The lowest BCUT2D eigenvalue weighted by molar-refractivity contribution is 0.0590. The summed E-state index contributed by atoms with van der Waals surface area (Å²) >= 11 is 0. The van der Waals surface area contributed by atoms with Crippen molar-refractivity contribution in [3.63, 3.8) is 0 Å². The van der Waals surface area contributed by atoms with Crippen LogP contribution in [0, 0.1) is 0 Å². The van der Waals surface area contributed by atoms with E-state index in [9.17, 15) is 9.90 Å². The molecule has 0 radical (unpaired) electrons. The average molecular weight is 318 g/mol. The van der Waals surface area contributed by atoms with Gasteiger partial charge in [-0.3, -0.25) is 0 Å². The summed E-state index contributed by atoms with van der Waals surface area (Å²) in [6.45, 7) is 2.52. The normalized spacial score (nSPS) is 12.0. The topological polar surface area (TPSA) is 72.7 Å². The second-order valence-corrected chi connectivity index (χ2v) is 5.36. The van der Waals surface area contributed by atoms with Gasteiger partial charge in [-0.25, -0.2) is 4.79 Å². The zero-order chi connectivity index (χ0) is 17.0. The first-order chi connectivity index (χ1) is 11.0. The summed E-state index contributed by atoms with van der Waals surface area (Å²) in [6, 6.07) is 6.84. The molecule has 0 saturated heterocycles. The molecule has 0 fully saturated rings. The molecule has 1 atom stereocenters. The van der Waals surface area contributed by atoms with Crippen LogP contribution in [-0.2, 0) is 18.3 Å². The largest absolute Gasteiger partial charge is 0.508 e. The van der Waals surface area contributed by atoms with Crippen LogP contribution in [-0.4, -0.2) is 29.9 Å². The zero-order valence-electron chi connectivity index (χ0n) is 13.8. The number of hydrogen-bond acceptors (Lipinski definition) is 5. The molecule has 0 amide bonds. The highest BCUT2D eigenvalue weighted by atomic mass is 16.5. The molecule has 1 unspecified atom stereocenters. The van der Waals surface area contributed by atoms with Gasteiger partial charge in [0.1, 0.15) is 17.2 Å². The third-order valence-corrected chi connectivity index (χ3v) is 3.77. The number of phenols is 1. The molecule has 0 aliphatic carbocycles. The van der Waals surface area contributed by atoms with Gasteiger partial charge in [0.25, 0.3) is 0 Å². The summed E-state index contributed by atoms with van der Waals surface area (Å²) in [4.78, 5) is 11.6. The van der Waals surface area contributed by atoms with Crippen molar-refractivity contribution in [2.75, 3.05) is 14.2 Å². The third-order valence-electron chi connectivity index (χ3n) is 3.77. The Morgan fingerprint density at radius 2 is 2.09 bits per heavy atom.